The highest BCUT2D eigenvalue weighted by Gasteiger charge is 2.22. The molecule has 0 aromatic rings. The first-order chi connectivity index (χ1) is 6.90. The van der Waals surface area contributed by atoms with E-state index >= 15 is 0 Å². The second-order valence-corrected chi connectivity index (χ2v) is 6.07. The van der Waals surface area contributed by atoms with Crippen LogP contribution in [-0.2, 0) is 0 Å². The maximum Gasteiger partial charge on any atom is -0.0389 e. The minimum absolute atomic E-state index is 0.823. The van der Waals surface area contributed by atoms with E-state index < -0.39 is 0 Å². The van der Waals surface area contributed by atoms with E-state index in [0.717, 1.165) is 29.6 Å². The molecule has 4 unspecified atom stereocenters. The molecule has 0 nitrogen and oxygen atoms in total. The van der Waals surface area contributed by atoms with E-state index in [1.807, 2.05) is 0 Å². The average molecular weight is 212 g/mol. The lowest BCUT2D eigenvalue weighted by atomic mass is 9.76. The van der Waals surface area contributed by atoms with Crippen molar-refractivity contribution in [1.82, 2.24) is 0 Å². The van der Waals surface area contributed by atoms with Gasteiger partial charge in [-0.3, -0.25) is 0 Å². The van der Waals surface area contributed by atoms with Gasteiger partial charge >= 0.3 is 0 Å². The second kappa shape index (κ2) is 7.30. The van der Waals surface area contributed by atoms with Crippen molar-refractivity contribution in [2.24, 2.45) is 29.6 Å². The minimum Gasteiger partial charge on any atom is -0.0654 e. The molecule has 4 atom stereocenters. The molecule has 0 radical (unpaired) electrons. The van der Waals surface area contributed by atoms with Crippen LogP contribution in [0.3, 0.4) is 0 Å². The number of rotatable bonds is 7. The smallest absolute Gasteiger partial charge is 0.0389 e. The van der Waals surface area contributed by atoms with E-state index in [1.165, 1.54) is 19.3 Å². The predicted octanol–water partition coefficient (Wildman–Crippen LogP) is 5.38. The van der Waals surface area contributed by atoms with Gasteiger partial charge in [0.25, 0.3) is 0 Å². The Kier molecular flexibility index (Phi) is 7.30. The molecule has 0 fully saturated rings. The Hall–Kier alpha value is 0. The summed E-state index contributed by atoms with van der Waals surface area (Å²) in [5.41, 5.74) is 0. The van der Waals surface area contributed by atoms with Crippen LogP contribution in [-0.4, -0.2) is 0 Å². The summed E-state index contributed by atoms with van der Waals surface area (Å²) in [7, 11) is 0. The topological polar surface area (TPSA) is 0 Å². The maximum absolute atomic E-state index is 2.44. The molecule has 0 heterocycles. The van der Waals surface area contributed by atoms with Crippen LogP contribution in [0, 0.1) is 29.6 Å². The second-order valence-electron chi connectivity index (χ2n) is 6.07. The summed E-state index contributed by atoms with van der Waals surface area (Å²) in [4.78, 5) is 0. The lowest BCUT2D eigenvalue weighted by molar-refractivity contribution is 0.196. The predicted molar refractivity (Wildman–Crippen MR) is 71.0 cm³/mol. The number of hydrogen-bond donors (Lipinski definition) is 0. The Morgan fingerprint density at radius 2 is 1.33 bits per heavy atom. The van der Waals surface area contributed by atoms with Gasteiger partial charge in [-0.15, -0.1) is 0 Å². The van der Waals surface area contributed by atoms with Crippen LogP contribution in [0.15, 0.2) is 0 Å². The van der Waals surface area contributed by atoms with Crippen molar-refractivity contribution in [3.8, 4) is 0 Å². The zero-order chi connectivity index (χ0) is 12.0. The summed E-state index contributed by atoms with van der Waals surface area (Å²) < 4.78 is 0. The monoisotopic (exact) mass is 212 g/mol. The highest BCUT2D eigenvalue weighted by molar-refractivity contribution is 4.72. The van der Waals surface area contributed by atoms with Gasteiger partial charge in [-0.25, -0.2) is 0 Å². The van der Waals surface area contributed by atoms with Gasteiger partial charge in [0.15, 0.2) is 0 Å². The van der Waals surface area contributed by atoms with E-state index in [-0.39, 0.29) is 0 Å². The minimum atomic E-state index is 0.823. The first-order valence-corrected chi connectivity index (χ1v) is 6.90. The van der Waals surface area contributed by atoms with Gasteiger partial charge in [0, 0.05) is 0 Å². The zero-order valence-electron chi connectivity index (χ0n) is 12.0. The summed E-state index contributed by atoms with van der Waals surface area (Å²) in [5, 5.41) is 0. The molecule has 0 aliphatic heterocycles. The van der Waals surface area contributed by atoms with Crippen molar-refractivity contribution in [2.75, 3.05) is 0 Å². The number of hydrogen-bond acceptors (Lipinski definition) is 0. The molecule has 92 valence electrons. The fourth-order valence-electron chi connectivity index (χ4n) is 2.59. The lowest BCUT2D eigenvalue weighted by Crippen LogP contribution is -2.22. The Bertz CT molecular complexity index is 148. The van der Waals surface area contributed by atoms with E-state index in [9.17, 15) is 0 Å². The van der Waals surface area contributed by atoms with Crippen LogP contribution in [0.5, 0.6) is 0 Å². The SMILES string of the molecule is CCCC(C)CC(C)C(C)C(C)C(C)C. The van der Waals surface area contributed by atoms with Crippen LogP contribution < -0.4 is 0 Å². The van der Waals surface area contributed by atoms with Gasteiger partial charge in [0.2, 0.25) is 0 Å². The van der Waals surface area contributed by atoms with Gasteiger partial charge in [0.1, 0.15) is 0 Å². The summed E-state index contributed by atoms with van der Waals surface area (Å²) in [6.45, 7) is 16.7. The quantitative estimate of drug-likeness (QED) is 0.531. The molecule has 15 heavy (non-hydrogen) atoms. The van der Waals surface area contributed by atoms with Gasteiger partial charge in [-0.1, -0.05) is 61.3 Å². The van der Waals surface area contributed by atoms with Crippen molar-refractivity contribution < 1.29 is 0 Å². The molecule has 0 aliphatic rings. The first kappa shape index (κ1) is 15.0. The van der Waals surface area contributed by atoms with Crippen molar-refractivity contribution in [3.05, 3.63) is 0 Å². The molecule has 0 aliphatic carbocycles. The van der Waals surface area contributed by atoms with Crippen LogP contribution in [0.1, 0.15) is 67.7 Å². The average Bonchev–Trinajstić information content (AvgIpc) is 2.15. The van der Waals surface area contributed by atoms with Crippen molar-refractivity contribution in [1.29, 1.82) is 0 Å². The molecular formula is C15H32. The third kappa shape index (κ3) is 5.58. The molecule has 0 heteroatoms. The summed E-state index contributed by atoms with van der Waals surface area (Å²) in [5.74, 6) is 4.33. The Morgan fingerprint density at radius 1 is 0.800 bits per heavy atom. The van der Waals surface area contributed by atoms with Crippen molar-refractivity contribution in [3.63, 3.8) is 0 Å². The van der Waals surface area contributed by atoms with Crippen LogP contribution in [0.4, 0.5) is 0 Å². The Morgan fingerprint density at radius 3 is 1.73 bits per heavy atom. The summed E-state index contributed by atoms with van der Waals surface area (Å²) in [6, 6.07) is 0. The lowest BCUT2D eigenvalue weighted by Gasteiger charge is -2.30. The Balaban J connectivity index is 4.02. The molecule has 0 amide bonds. The van der Waals surface area contributed by atoms with Gasteiger partial charge < -0.3 is 0 Å². The van der Waals surface area contributed by atoms with Crippen molar-refractivity contribution in [2.45, 2.75) is 67.7 Å². The molecule has 0 bridgehead atoms. The third-order valence-electron chi connectivity index (χ3n) is 4.33. The molecule has 0 rings (SSSR count). The van der Waals surface area contributed by atoms with E-state index in [2.05, 4.69) is 48.5 Å². The standard InChI is InChI=1S/C15H32/c1-8-9-12(4)10-13(5)15(7)14(6)11(2)3/h11-15H,8-10H2,1-7H3. The van der Waals surface area contributed by atoms with Gasteiger partial charge in [-0.2, -0.15) is 0 Å². The molecule has 0 spiro atoms. The fourth-order valence-corrected chi connectivity index (χ4v) is 2.59. The molecular weight excluding hydrogens is 180 g/mol. The van der Waals surface area contributed by atoms with Gasteiger partial charge in [0.05, 0.1) is 0 Å². The zero-order valence-corrected chi connectivity index (χ0v) is 12.0. The maximum atomic E-state index is 2.44. The molecule has 0 saturated carbocycles. The fraction of sp³-hybridized carbons (Fsp3) is 1.00. The van der Waals surface area contributed by atoms with Gasteiger partial charge in [-0.05, 0) is 36.0 Å². The van der Waals surface area contributed by atoms with Crippen molar-refractivity contribution >= 4 is 0 Å². The van der Waals surface area contributed by atoms with Crippen LogP contribution in [0.2, 0.25) is 0 Å². The third-order valence-corrected chi connectivity index (χ3v) is 4.33. The molecule has 0 N–H and O–H groups in total. The molecule has 0 saturated heterocycles. The first-order valence-electron chi connectivity index (χ1n) is 6.90. The van der Waals surface area contributed by atoms with Crippen LogP contribution >= 0.6 is 0 Å². The molecule has 0 aromatic carbocycles. The van der Waals surface area contributed by atoms with E-state index in [0.29, 0.717) is 0 Å². The van der Waals surface area contributed by atoms with E-state index in [1.54, 1.807) is 0 Å². The van der Waals surface area contributed by atoms with E-state index in [4.69, 9.17) is 0 Å². The summed E-state index contributed by atoms with van der Waals surface area (Å²) >= 11 is 0. The van der Waals surface area contributed by atoms with Crippen LogP contribution in [0.25, 0.3) is 0 Å². The summed E-state index contributed by atoms with van der Waals surface area (Å²) in [6.07, 6.45) is 4.14. The highest BCUT2D eigenvalue weighted by atomic mass is 14.3. The highest BCUT2D eigenvalue weighted by Crippen LogP contribution is 2.31. The Labute approximate surface area is 97.8 Å². The normalized spacial score (nSPS) is 20.0. The largest absolute Gasteiger partial charge is 0.0654 e. The molecule has 0 aromatic heterocycles.